The van der Waals surface area contributed by atoms with Crippen molar-refractivity contribution in [2.24, 2.45) is 5.92 Å². The number of carboxylic acids is 1. The Bertz CT molecular complexity index is 681. The van der Waals surface area contributed by atoms with Gasteiger partial charge in [-0.1, -0.05) is 18.2 Å². The van der Waals surface area contributed by atoms with E-state index in [0.717, 1.165) is 5.69 Å². The number of likely N-dealkylation sites (tertiary alicyclic amines) is 1. The molecule has 1 saturated carbocycles. The van der Waals surface area contributed by atoms with Gasteiger partial charge in [0.1, 0.15) is 0 Å². The average Bonchev–Trinajstić information content (AvgIpc) is 2.69. The number of carboxylic acid groups (broad SMARTS) is 1. The fourth-order valence-electron chi connectivity index (χ4n) is 3.85. The summed E-state index contributed by atoms with van der Waals surface area (Å²) in [6.45, 7) is 1.18. The molecular formula is C20H28N4O4. The van der Waals surface area contributed by atoms with Crippen molar-refractivity contribution in [1.82, 2.24) is 15.5 Å². The van der Waals surface area contributed by atoms with E-state index in [1.165, 1.54) is 0 Å². The summed E-state index contributed by atoms with van der Waals surface area (Å²) < 4.78 is 0. The number of aliphatic carboxylic acids is 1. The smallest absolute Gasteiger partial charge is 0.319 e. The van der Waals surface area contributed by atoms with Crippen molar-refractivity contribution in [1.29, 1.82) is 0 Å². The number of nitrogens with zero attached hydrogens (tertiary/aromatic N) is 1. The number of anilines is 1. The van der Waals surface area contributed by atoms with Crippen molar-refractivity contribution in [2.75, 3.05) is 18.4 Å². The summed E-state index contributed by atoms with van der Waals surface area (Å²) in [7, 11) is 0. The zero-order chi connectivity index (χ0) is 19.9. The molecule has 1 aliphatic heterocycles. The molecule has 1 aliphatic carbocycles. The molecule has 1 saturated heterocycles. The maximum absolute atomic E-state index is 12.5. The summed E-state index contributed by atoms with van der Waals surface area (Å²) in [5, 5.41) is 17.8. The highest BCUT2D eigenvalue weighted by molar-refractivity contribution is 5.89. The maximum Gasteiger partial charge on any atom is 0.319 e. The summed E-state index contributed by atoms with van der Waals surface area (Å²) in [5.41, 5.74) is 0.745. The molecule has 1 aromatic carbocycles. The lowest BCUT2D eigenvalue weighted by Gasteiger charge is -2.34. The summed E-state index contributed by atoms with van der Waals surface area (Å²) in [6, 6.07) is 9.04. The molecule has 1 aromatic rings. The minimum atomic E-state index is -0.740. The van der Waals surface area contributed by atoms with Crippen LogP contribution >= 0.6 is 0 Å². The fraction of sp³-hybridized carbons (Fsp3) is 0.550. The first-order chi connectivity index (χ1) is 13.5. The monoisotopic (exact) mass is 388 g/mol. The van der Waals surface area contributed by atoms with Gasteiger partial charge in [0.2, 0.25) is 0 Å². The highest BCUT2D eigenvalue weighted by atomic mass is 16.4. The van der Waals surface area contributed by atoms with Gasteiger partial charge in [-0.15, -0.1) is 0 Å². The molecule has 3 rings (SSSR count). The first kappa shape index (κ1) is 20.0. The van der Waals surface area contributed by atoms with Crippen LogP contribution in [0, 0.1) is 5.92 Å². The lowest BCUT2D eigenvalue weighted by Crippen LogP contribution is -2.52. The van der Waals surface area contributed by atoms with Gasteiger partial charge in [0, 0.05) is 30.9 Å². The molecule has 2 fully saturated rings. The Kier molecular flexibility index (Phi) is 6.73. The third kappa shape index (κ3) is 5.61. The van der Waals surface area contributed by atoms with Gasteiger partial charge >= 0.3 is 18.0 Å². The van der Waals surface area contributed by atoms with Crippen LogP contribution in [-0.2, 0) is 4.79 Å². The zero-order valence-corrected chi connectivity index (χ0v) is 15.9. The van der Waals surface area contributed by atoms with Crippen LogP contribution in [0.25, 0.3) is 0 Å². The molecular weight excluding hydrogens is 360 g/mol. The molecule has 0 atom stereocenters. The number of benzene rings is 1. The Morgan fingerprint density at radius 3 is 2.07 bits per heavy atom. The molecule has 8 nitrogen and oxygen atoms in total. The molecule has 0 radical (unpaired) electrons. The molecule has 0 aromatic heterocycles. The number of piperidine rings is 1. The molecule has 4 amide bonds. The number of para-hydroxylation sites is 1. The van der Waals surface area contributed by atoms with Crippen LogP contribution in [0.5, 0.6) is 0 Å². The molecule has 0 bridgehead atoms. The lowest BCUT2D eigenvalue weighted by atomic mass is 9.86. The van der Waals surface area contributed by atoms with E-state index >= 15 is 0 Å². The minimum Gasteiger partial charge on any atom is -0.481 e. The number of hydrogen-bond donors (Lipinski definition) is 4. The highest BCUT2D eigenvalue weighted by Gasteiger charge is 2.29. The highest BCUT2D eigenvalue weighted by Crippen LogP contribution is 2.24. The number of nitrogens with one attached hydrogen (secondary N) is 3. The fourth-order valence-corrected chi connectivity index (χ4v) is 3.85. The molecule has 0 unspecified atom stereocenters. The van der Waals surface area contributed by atoms with Gasteiger partial charge in [0.15, 0.2) is 0 Å². The van der Waals surface area contributed by atoms with Crippen LogP contribution < -0.4 is 16.0 Å². The van der Waals surface area contributed by atoms with Crippen molar-refractivity contribution in [3.63, 3.8) is 0 Å². The summed E-state index contributed by atoms with van der Waals surface area (Å²) in [4.78, 5) is 37.3. The summed E-state index contributed by atoms with van der Waals surface area (Å²) in [6.07, 6.45) is 4.06. The van der Waals surface area contributed by atoms with Gasteiger partial charge in [0.25, 0.3) is 0 Å². The number of hydrogen-bond acceptors (Lipinski definition) is 3. The van der Waals surface area contributed by atoms with Gasteiger partial charge in [-0.25, -0.2) is 9.59 Å². The van der Waals surface area contributed by atoms with Crippen molar-refractivity contribution in [3.8, 4) is 0 Å². The van der Waals surface area contributed by atoms with Crippen LogP contribution in [-0.4, -0.2) is 53.2 Å². The third-order valence-corrected chi connectivity index (χ3v) is 5.55. The molecule has 2 aliphatic rings. The van der Waals surface area contributed by atoms with Crippen LogP contribution in [0.3, 0.4) is 0 Å². The molecule has 8 heteroatoms. The van der Waals surface area contributed by atoms with Crippen molar-refractivity contribution >= 4 is 23.7 Å². The van der Waals surface area contributed by atoms with Crippen molar-refractivity contribution < 1.29 is 19.5 Å². The predicted octanol–water partition coefficient (Wildman–Crippen LogP) is 2.63. The van der Waals surface area contributed by atoms with E-state index in [1.807, 2.05) is 30.3 Å². The first-order valence-electron chi connectivity index (χ1n) is 9.92. The van der Waals surface area contributed by atoms with Gasteiger partial charge < -0.3 is 26.0 Å². The van der Waals surface area contributed by atoms with E-state index in [9.17, 15) is 14.4 Å². The second-order valence-electron chi connectivity index (χ2n) is 7.56. The Morgan fingerprint density at radius 1 is 0.857 bits per heavy atom. The lowest BCUT2D eigenvalue weighted by molar-refractivity contribution is -0.142. The van der Waals surface area contributed by atoms with E-state index < -0.39 is 5.97 Å². The molecule has 1 heterocycles. The number of carbonyl (C=O) groups excluding carboxylic acids is 2. The Hall–Kier alpha value is -2.77. The van der Waals surface area contributed by atoms with Gasteiger partial charge in [0.05, 0.1) is 5.92 Å². The molecule has 4 N–H and O–H groups in total. The predicted molar refractivity (Wildman–Crippen MR) is 105 cm³/mol. The van der Waals surface area contributed by atoms with Crippen molar-refractivity contribution in [2.45, 2.75) is 50.6 Å². The number of rotatable bonds is 4. The van der Waals surface area contributed by atoms with E-state index in [4.69, 9.17) is 5.11 Å². The Morgan fingerprint density at radius 2 is 1.46 bits per heavy atom. The SMILES string of the molecule is O=C(Nc1ccccc1)NC1CCN(C(=O)NC2CCC(C(=O)O)CC2)CC1. The largest absolute Gasteiger partial charge is 0.481 e. The van der Waals surface area contributed by atoms with E-state index in [0.29, 0.717) is 51.6 Å². The Balaban J connectivity index is 1.36. The van der Waals surface area contributed by atoms with Crippen LogP contribution in [0.4, 0.5) is 15.3 Å². The van der Waals surface area contributed by atoms with Gasteiger partial charge in [-0.2, -0.15) is 0 Å². The first-order valence-corrected chi connectivity index (χ1v) is 9.92. The topological polar surface area (TPSA) is 111 Å². The van der Waals surface area contributed by atoms with Crippen LogP contribution in [0.1, 0.15) is 38.5 Å². The molecule has 0 spiro atoms. The van der Waals surface area contributed by atoms with E-state index in [2.05, 4.69) is 16.0 Å². The van der Waals surface area contributed by atoms with Gasteiger partial charge in [-0.3, -0.25) is 4.79 Å². The minimum absolute atomic E-state index is 0.0405. The van der Waals surface area contributed by atoms with Crippen molar-refractivity contribution in [3.05, 3.63) is 30.3 Å². The van der Waals surface area contributed by atoms with Crippen LogP contribution in [0.15, 0.2) is 30.3 Å². The summed E-state index contributed by atoms with van der Waals surface area (Å²) in [5.74, 6) is -1.02. The number of carbonyl (C=O) groups is 3. The standard InChI is InChI=1S/C20H28N4O4/c25-18(26)14-6-8-16(9-7-14)23-20(28)24-12-10-17(11-13-24)22-19(27)21-15-4-2-1-3-5-15/h1-5,14,16-17H,6-13H2,(H,23,28)(H,25,26)(H2,21,22,27). The van der Waals surface area contributed by atoms with Crippen LogP contribution in [0.2, 0.25) is 0 Å². The quantitative estimate of drug-likeness (QED) is 0.635. The maximum atomic E-state index is 12.5. The molecule has 28 heavy (non-hydrogen) atoms. The average molecular weight is 388 g/mol. The third-order valence-electron chi connectivity index (χ3n) is 5.55. The summed E-state index contributed by atoms with van der Waals surface area (Å²) >= 11 is 0. The van der Waals surface area contributed by atoms with E-state index in [1.54, 1.807) is 4.90 Å². The van der Waals surface area contributed by atoms with E-state index in [-0.39, 0.29) is 30.1 Å². The second-order valence-corrected chi connectivity index (χ2v) is 7.56. The Labute approximate surface area is 164 Å². The second kappa shape index (κ2) is 9.43. The van der Waals surface area contributed by atoms with Gasteiger partial charge in [-0.05, 0) is 50.7 Å². The zero-order valence-electron chi connectivity index (χ0n) is 15.9. The normalized spacial score (nSPS) is 22.9. The number of amides is 4. The molecule has 152 valence electrons. The number of urea groups is 2.